The van der Waals surface area contributed by atoms with E-state index in [1.807, 2.05) is 32.0 Å². The first-order valence-electron chi connectivity index (χ1n) is 10.8. The highest BCUT2D eigenvalue weighted by Gasteiger charge is 2.40. The third-order valence-electron chi connectivity index (χ3n) is 5.68. The molecule has 9 heteroatoms. The van der Waals surface area contributed by atoms with Gasteiger partial charge in [-0.3, -0.25) is 14.9 Å². The largest absolute Gasteiger partial charge is 0.495 e. The van der Waals surface area contributed by atoms with Gasteiger partial charge in [-0.2, -0.15) is 15.0 Å². The molecule has 0 fully saturated rings. The molecule has 0 radical (unpaired) electrons. The molecule has 1 aromatic heterocycles. The second-order valence-electron chi connectivity index (χ2n) is 8.26. The van der Waals surface area contributed by atoms with E-state index in [2.05, 4.69) is 39.5 Å². The van der Waals surface area contributed by atoms with E-state index < -0.39 is 5.91 Å². The Morgan fingerprint density at radius 3 is 2.67 bits per heavy atom. The molecule has 0 bridgehead atoms. The maximum atomic E-state index is 13.0. The lowest BCUT2D eigenvalue weighted by Gasteiger charge is -2.38. The zero-order valence-electron chi connectivity index (χ0n) is 19.1. The van der Waals surface area contributed by atoms with E-state index in [-0.39, 0.29) is 23.8 Å². The molecular weight excluding hydrogens is 420 g/mol. The summed E-state index contributed by atoms with van der Waals surface area (Å²) in [5.41, 5.74) is 2.27. The van der Waals surface area contributed by atoms with Gasteiger partial charge >= 0.3 is 5.91 Å². The van der Waals surface area contributed by atoms with Crippen molar-refractivity contribution in [1.82, 2.24) is 20.0 Å². The molecule has 2 atom stereocenters. The van der Waals surface area contributed by atoms with Crippen LogP contribution in [0.3, 0.4) is 0 Å². The summed E-state index contributed by atoms with van der Waals surface area (Å²) >= 11 is 0. The minimum atomic E-state index is -0.507. The summed E-state index contributed by atoms with van der Waals surface area (Å²) in [4.78, 5) is 26.6. The minimum Gasteiger partial charge on any atom is -0.495 e. The van der Waals surface area contributed by atoms with E-state index in [4.69, 9.17) is 9.84 Å². The number of fused-ring (bicyclic) bond motifs is 1. The lowest BCUT2D eigenvalue weighted by Crippen LogP contribution is -2.47. The Morgan fingerprint density at radius 1 is 1.24 bits per heavy atom. The van der Waals surface area contributed by atoms with E-state index in [9.17, 15) is 9.59 Å². The second-order valence-corrected chi connectivity index (χ2v) is 8.26. The number of nitrogens with zero attached hydrogens (tertiary/aromatic N) is 5. The van der Waals surface area contributed by atoms with Crippen LogP contribution in [0.2, 0.25) is 0 Å². The molecule has 2 aliphatic rings. The van der Waals surface area contributed by atoms with Crippen LogP contribution >= 0.6 is 0 Å². The molecule has 0 spiro atoms. The molecule has 4 rings (SSSR count). The third-order valence-corrected chi connectivity index (χ3v) is 5.68. The van der Waals surface area contributed by atoms with E-state index in [1.54, 1.807) is 19.2 Å². The number of methoxy groups -OCH3 is 1. The Balaban J connectivity index is 1.67. The average Bonchev–Trinajstić information content (AvgIpc) is 3.22. The number of hydrogen-bond donors (Lipinski definition) is 1. The van der Waals surface area contributed by atoms with Crippen LogP contribution in [-0.4, -0.2) is 50.7 Å². The van der Waals surface area contributed by atoms with Crippen LogP contribution in [0, 0.1) is 23.7 Å². The highest BCUT2D eigenvalue weighted by molar-refractivity contribution is 6.07. The first kappa shape index (κ1) is 22.3. The van der Waals surface area contributed by atoms with Gasteiger partial charge in [-0.15, -0.1) is 5.10 Å². The number of benzene rings is 1. The predicted molar refractivity (Wildman–Crippen MR) is 123 cm³/mol. The lowest BCUT2D eigenvalue weighted by molar-refractivity contribution is -0.139. The van der Waals surface area contributed by atoms with Gasteiger partial charge in [0.25, 0.3) is 0 Å². The van der Waals surface area contributed by atoms with Crippen molar-refractivity contribution in [3.8, 4) is 17.6 Å². The van der Waals surface area contributed by atoms with Crippen LogP contribution in [0.4, 0.5) is 5.82 Å². The number of aryl methyl sites for hydroxylation is 1. The van der Waals surface area contributed by atoms with Crippen molar-refractivity contribution >= 4 is 23.3 Å². The smallest absolute Gasteiger partial charge is 0.301 e. The number of hydrogen-bond acceptors (Lipinski definition) is 6. The van der Waals surface area contributed by atoms with Crippen molar-refractivity contribution in [2.45, 2.75) is 32.7 Å². The van der Waals surface area contributed by atoms with Gasteiger partial charge in [-0.1, -0.05) is 18.1 Å². The molecule has 1 aromatic carbocycles. The molecule has 1 aliphatic carbocycles. The molecule has 2 amide bonds. The molecule has 33 heavy (non-hydrogen) atoms. The lowest BCUT2D eigenvalue weighted by atomic mass is 9.76. The van der Waals surface area contributed by atoms with Gasteiger partial charge in [0.1, 0.15) is 5.75 Å². The molecule has 9 nitrogen and oxygen atoms in total. The zero-order chi connectivity index (χ0) is 23.5. The number of amides is 2. The number of rotatable bonds is 4. The maximum Gasteiger partial charge on any atom is 0.301 e. The van der Waals surface area contributed by atoms with Gasteiger partial charge in [-0.25, -0.2) is 5.01 Å². The highest BCUT2D eigenvalue weighted by atomic mass is 16.5. The number of ether oxygens (including phenoxy) is 1. The molecule has 1 aliphatic heterocycles. The summed E-state index contributed by atoms with van der Waals surface area (Å²) in [6.07, 6.45) is 7.09. The van der Waals surface area contributed by atoms with Crippen LogP contribution in [0.15, 0.2) is 41.6 Å². The Hall–Kier alpha value is -3.93. The molecule has 0 unspecified atom stereocenters. The number of carbonyl (C=O) groups is 2. The number of aromatic nitrogens is 3. The average molecular weight is 447 g/mol. The SMILES string of the molecule is COc1ccc(C2=NN(C(C)C)C(=O)[C@@H]3CC=CC[C@H]23)cc1C#CC(=O)Nc1cnn(C)n1. The van der Waals surface area contributed by atoms with Crippen molar-refractivity contribution in [2.24, 2.45) is 24.0 Å². The zero-order valence-corrected chi connectivity index (χ0v) is 19.1. The van der Waals surface area contributed by atoms with Crippen LogP contribution in [0.25, 0.3) is 0 Å². The van der Waals surface area contributed by atoms with Gasteiger partial charge in [0.05, 0.1) is 30.5 Å². The molecule has 2 aromatic rings. The number of carbonyl (C=O) groups excluding carboxylic acids is 2. The third kappa shape index (κ3) is 4.65. The van der Waals surface area contributed by atoms with Crippen LogP contribution in [0.1, 0.15) is 37.8 Å². The van der Waals surface area contributed by atoms with Crippen molar-refractivity contribution in [3.63, 3.8) is 0 Å². The summed E-state index contributed by atoms with van der Waals surface area (Å²) in [7, 11) is 3.21. The van der Waals surface area contributed by atoms with Gasteiger partial charge in [0, 0.05) is 24.9 Å². The topological polar surface area (TPSA) is 102 Å². The summed E-state index contributed by atoms with van der Waals surface area (Å²) < 4.78 is 5.45. The van der Waals surface area contributed by atoms with Gasteiger partial charge in [0.2, 0.25) is 5.91 Å². The van der Waals surface area contributed by atoms with Crippen LogP contribution in [-0.2, 0) is 16.6 Å². The summed E-state index contributed by atoms with van der Waals surface area (Å²) in [6, 6.07) is 5.56. The van der Waals surface area contributed by atoms with E-state index in [0.29, 0.717) is 23.6 Å². The van der Waals surface area contributed by atoms with Crippen molar-refractivity contribution < 1.29 is 14.3 Å². The summed E-state index contributed by atoms with van der Waals surface area (Å²) in [5.74, 6) is 5.78. The minimum absolute atomic E-state index is 0.00616. The first-order chi connectivity index (χ1) is 15.9. The summed E-state index contributed by atoms with van der Waals surface area (Å²) in [6.45, 7) is 3.91. The predicted octanol–water partition coefficient (Wildman–Crippen LogP) is 2.35. The van der Waals surface area contributed by atoms with Gasteiger partial charge < -0.3 is 4.74 Å². The second kappa shape index (κ2) is 9.28. The Morgan fingerprint density at radius 2 is 2.00 bits per heavy atom. The van der Waals surface area contributed by atoms with E-state index >= 15 is 0 Å². The fraction of sp³-hybridized carbons (Fsp3) is 0.375. The Labute approximate surface area is 192 Å². The number of nitrogens with one attached hydrogen (secondary N) is 1. The summed E-state index contributed by atoms with van der Waals surface area (Å²) in [5, 5.41) is 16.8. The standard InChI is InChI=1S/C24H26N6O3/c1-15(2)30-24(32)19-8-6-5-7-18(19)23(28-30)17-9-11-20(33-4)16(13-17)10-12-22(31)26-21-14-25-29(3)27-21/h5-6,9,11,13-15,18-19H,7-8H2,1-4H3,(H,26,27,31)/t18-,19+/m0/s1. The molecule has 0 saturated carbocycles. The normalized spacial score (nSPS) is 19.5. The quantitative estimate of drug-likeness (QED) is 0.574. The number of allylic oxidation sites excluding steroid dienone is 2. The van der Waals surface area contributed by atoms with Crippen LogP contribution < -0.4 is 10.1 Å². The molecule has 2 heterocycles. The van der Waals surface area contributed by atoms with E-state index in [1.165, 1.54) is 11.0 Å². The van der Waals surface area contributed by atoms with Gasteiger partial charge in [-0.05, 0) is 50.5 Å². The Bertz CT molecular complexity index is 1200. The van der Waals surface area contributed by atoms with Crippen LogP contribution in [0.5, 0.6) is 5.75 Å². The monoisotopic (exact) mass is 446 g/mol. The number of anilines is 1. The fourth-order valence-electron chi connectivity index (χ4n) is 4.08. The molecule has 0 saturated heterocycles. The highest BCUT2D eigenvalue weighted by Crippen LogP contribution is 2.36. The van der Waals surface area contributed by atoms with Crippen molar-refractivity contribution in [3.05, 3.63) is 47.7 Å². The van der Waals surface area contributed by atoms with E-state index in [0.717, 1.165) is 17.7 Å². The van der Waals surface area contributed by atoms with Crippen molar-refractivity contribution in [2.75, 3.05) is 12.4 Å². The first-order valence-corrected chi connectivity index (χ1v) is 10.8. The fourth-order valence-corrected chi connectivity index (χ4v) is 4.08. The Kier molecular flexibility index (Phi) is 6.27. The molecular formula is C24H26N6O3. The maximum absolute atomic E-state index is 13.0. The van der Waals surface area contributed by atoms with Crippen molar-refractivity contribution in [1.29, 1.82) is 0 Å². The van der Waals surface area contributed by atoms with Gasteiger partial charge in [0.15, 0.2) is 5.82 Å². The molecule has 170 valence electrons. The molecule has 1 N–H and O–H groups in total. The number of hydrazone groups is 1.